The normalized spacial score (nSPS) is 18.0. The van der Waals surface area contributed by atoms with Gasteiger partial charge in [0.15, 0.2) is 0 Å². The summed E-state index contributed by atoms with van der Waals surface area (Å²) >= 11 is 0. The van der Waals surface area contributed by atoms with Crippen LogP contribution in [0, 0.1) is 0 Å². The number of hydrogen-bond donors (Lipinski definition) is 1. The van der Waals surface area contributed by atoms with Gasteiger partial charge < -0.3 is 19.7 Å². The molecule has 1 saturated heterocycles. The standard InChI is InChI=1S/C17H25N3O4/c1-17(2,3)24-16(22)19-12-6-5-9-20(11-12)13-7-8-14(18-10-13)15(21)23-4/h7-8,10,12H,5-6,9,11H2,1-4H3,(H,19,22). The highest BCUT2D eigenvalue weighted by atomic mass is 16.6. The molecular formula is C17H25N3O4. The van der Waals surface area contributed by atoms with Crippen LogP contribution < -0.4 is 10.2 Å². The van der Waals surface area contributed by atoms with Crippen LogP contribution in [-0.2, 0) is 9.47 Å². The van der Waals surface area contributed by atoms with Gasteiger partial charge in [0.2, 0.25) is 0 Å². The molecule has 1 fully saturated rings. The van der Waals surface area contributed by atoms with E-state index in [0.29, 0.717) is 6.54 Å². The van der Waals surface area contributed by atoms with Crippen molar-refractivity contribution in [1.29, 1.82) is 0 Å². The van der Waals surface area contributed by atoms with Gasteiger partial charge in [0.05, 0.1) is 19.0 Å². The van der Waals surface area contributed by atoms with Crippen LogP contribution in [0.5, 0.6) is 0 Å². The fourth-order valence-electron chi connectivity index (χ4n) is 2.60. The molecule has 1 atom stereocenters. The van der Waals surface area contributed by atoms with Crippen molar-refractivity contribution in [3.05, 3.63) is 24.0 Å². The van der Waals surface area contributed by atoms with Crippen LogP contribution in [0.15, 0.2) is 18.3 Å². The molecule has 1 aromatic rings. The van der Waals surface area contributed by atoms with Crippen LogP contribution in [0.2, 0.25) is 0 Å². The number of rotatable bonds is 3. The minimum Gasteiger partial charge on any atom is -0.464 e. The highest BCUT2D eigenvalue weighted by Gasteiger charge is 2.24. The first kappa shape index (κ1) is 18.0. The van der Waals surface area contributed by atoms with Crippen LogP contribution in [0.25, 0.3) is 0 Å². The van der Waals surface area contributed by atoms with Gasteiger partial charge in [-0.25, -0.2) is 14.6 Å². The fraction of sp³-hybridized carbons (Fsp3) is 0.588. The van der Waals surface area contributed by atoms with Gasteiger partial charge in [-0.1, -0.05) is 0 Å². The molecule has 2 heterocycles. The predicted octanol–water partition coefficient (Wildman–Crippen LogP) is 2.36. The molecule has 1 N–H and O–H groups in total. The molecule has 2 rings (SSSR count). The van der Waals surface area contributed by atoms with Crippen molar-refractivity contribution < 1.29 is 19.1 Å². The van der Waals surface area contributed by atoms with E-state index in [9.17, 15) is 9.59 Å². The van der Waals surface area contributed by atoms with Gasteiger partial charge in [-0.2, -0.15) is 0 Å². The molecule has 132 valence electrons. The lowest BCUT2D eigenvalue weighted by Crippen LogP contribution is -2.49. The molecule has 7 heteroatoms. The fourth-order valence-corrected chi connectivity index (χ4v) is 2.60. The number of nitrogens with zero attached hydrogens (tertiary/aromatic N) is 2. The summed E-state index contributed by atoms with van der Waals surface area (Å²) in [6.45, 7) is 7.08. The van der Waals surface area contributed by atoms with E-state index < -0.39 is 17.7 Å². The summed E-state index contributed by atoms with van der Waals surface area (Å²) in [7, 11) is 1.33. The van der Waals surface area contributed by atoms with E-state index in [0.717, 1.165) is 25.1 Å². The van der Waals surface area contributed by atoms with Crippen molar-refractivity contribution in [3.8, 4) is 0 Å². The minimum atomic E-state index is -0.508. The third kappa shape index (κ3) is 5.11. The molecule has 0 saturated carbocycles. The second-order valence-electron chi connectivity index (χ2n) is 6.82. The van der Waals surface area contributed by atoms with E-state index in [1.165, 1.54) is 7.11 Å². The summed E-state index contributed by atoms with van der Waals surface area (Å²) in [6, 6.07) is 3.51. The Labute approximate surface area is 142 Å². The second kappa shape index (κ2) is 7.51. The molecule has 0 aliphatic carbocycles. The lowest BCUT2D eigenvalue weighted by atomic mass is 10.1. The van der Waals surface area contributed by atoms with Crippen molar-refractivity contribution >= 4 is 17.7 Å². The molecule has 24 heavy (non-hydrogen) atoms. The molecule has 1 aliphatic rings. The molecule has 7 nitrogen and oxygen atoms in total. The molecule has 0 aromatic carbocycles. The number of hydrogen-bond acceptors (Lipinski definition) is 6. The van der Waals surface area contributed by atoms with Crippen LogP contribution in [0.3, 0.4) is 0 Å². The number of carbonyl (C=O) groups is 2. The topological polar surface area (TPSA) is 80.8 Å². The predicted molar refractivity (Wildman–Crippen MR) is 90.2 cm³/mol. The Morgan fingerprint density at radius 1 is 1.33 bits per heavy atom. The second-order valence-corrected chi connectivity index (χ2v) is 6.82. The summed E-state index contributed by atoms with van der Waals surface area (Å²) in [5.41, 5.74) is 0.687. The molecule has 1 aromatic heterocycles. The molecule has 0 bridgehead atoms. The third-order valence-corrected chi connectivity index (χ3v) is 3.65. The molecule has 1 unspecified atom stereocenters. The maximum Gasteiger partial charge on any atom is 0.407 e. The first-order valence-corrected chi connectivity index (χ1v) is 8.07. The maximum absolute atomic E-state index is 11.9. The van der Waals surface area contributed by atoms with Crippen molar-refractivity contribution in [2.45, 2.75) is 45.3 Å². The summed E-state index contributed by atoms with van der Waals surface area (Å²) in [5.74, 6) is -0.454. The van der Waals surface area contributed by atoms with Gasteiger partial charge in [0.1, 0.15) is 11.3 Å². The number of esters is 1. The average molecular weight is 335 g/mol. The van der Waals surface area contributed by atoms with Gasteiger partial charge in [0, 0.05) is 19.1 Å². The van der Waals surface area contributed by atoms with Crippen molar-refractivity contribution in [2.75, 3.05) is 25.1 Å². The Kier molecular flexibility index (Phi) is 5.64. The Morgan fingerprint density at radius 3 is 2.67 bits per heavy atom. The van der Waals surface area contributed by atoms with Gasteiger partial charge in [0.25, 0.3) is 0 Å². The quantitative estimate of drug-likeness (QED) is 0.854. The van der Waals surface area contributed by atoms with Crippen LogP contribution in [-0.4, -0.2) is 48.9 Å². The van der Waals surface area contributed by atoms with Gasteiger partial charge in [-0.15, -0.1) is 0 Å². The van der Waals surface area contributed by atoms with Crippen LogP contribution in [0.4, 0.5) is 10.5 Å². The monoisotopic (exact) mass is 335 g/mol. The van der Waals surface area contributed by atoms with E-state index in [2.05, 4.69) is 19.9 Å². The summed E-state index contributed by atoms with van der Waals surface area (Å²) < 4.78 is 9.95. The zero-order valence-corrected chi connectivity index (χ0v) is 14.7. The van der Waals surface area contributed by atoms with E-state index in [1.807, 2.05) is 26.8 Å². The van der Waals surface area contributed by atoms with E-state index in [-0.39, 0.29) is 11.7 Å². The Bertz CT molecular complexity index is 580. The number of amides is 1. The van der Waals surface area contributed by atoms with E-state index >= 15 is 0 Å². The molecule has 1 aliphatic heterocycles. The summed E-state index contributed by atoms with van der Waals surface area (Å²) in [6.07, 6.45) is 3.12. The van der Waals surface area contributed by atoms with Gasteiger partial charge in [-0.05, 0) is 45.7 Å². The highest BCUT2D eigenvalue weighted by Crippen LogP contribution is 2.20. The Hall–Kier alpha value is -2.31. The summed E-state index contributed by atoms with van der Waals surface area (Å²) in [4.78, 5) is 29.6. The zero-order chi connectivity index (χ0) is 17.7. The number of carbonyl (C=O) groups excluding carboxylic acids is 2. The Balaban J connectivity index is 1.95. The molecule has 1 amide bonds. The van der Waals surface area contributed by atoms with Crippen molar-refractivity contribution in [1.82, 2.24) is 10.3 Å². The van der Waals surface area contributed by atoms with Gasteiger partial charge >= 0.3 is 12.1 Å². The first-order valence-electron chi connectivity index (χ1n) is 8.07. The number of piperidine rings is 1. The Morgan fingerprint density at radius 2 is 2.08 bits per heavy atom. The number of ether oxygens (including phenoxy) is 2. The lowest BCUT2D eigenvalue weighted by Gasteiger charge is -2.34. The molecule has 0 spiro atoms. The van der Waals surface area contributed by atoms with Crippen molar-refractivity contribution in [2.24, 2.45) is 0 Å². The smallest absolute Gasteiger partial charge is 0.407 e. The average Bonchev–Trinajstić information content (AvgIpc) is 2.52. The first-order chi connectivity index (χ1) is 11.3. The SMILES string of the molecule is COC(=O)c1ccc(N2CCCC(NC(=O)OC(C)(C)C)C2)cn1. The largest absolute Gasteiger partial charge is 0.464 e. The third-order valence-electron chi connectivity index (χ3n) is 3.65. The molecule has 0 radical (unpaired) electrons. The molecular weight excluding hydrogens is 310 g/mol. The van der Waals surface area contributed by atoms with E-state index in [4.69, 9.17) is 4.74 Å². The zero-order valence-electron chi connectivity index (χ0n) is 14.7. The van der Waals surface area contributed by atoms with Crippen LogP contribution in [0.1, 0.15) is 44.1 Å². The number of pyridine rings is 1. The summed E-state index contributed by atoms with van der Waals surface area (Å²) in [5, 5.41) is 2.92. The van der Waals surface area contributed by atoms with E-state index in [1.54, 1.807) is 12.3 Å². The number of nitrogens with one attached hydrogen (secondary N) is 1. The minimum absolute atomic E-state index is 0.0221. The number of alkyl carbamates (subject to hydrolysis) is 1. The van der Waals surface area contributed by atoms with Crippen LogP contribution >= 0.6 is 0 Å². The lowest BCUT2D eigenvalue weighted by molar-refractivity contribution is 0.0498. The number of methoxy groups -OCH3 is 1. The van der Waals surface area contributed by atoms with Gasteiger partial charge in [-0.3, -0.25) is 0 Å². The van der Waals surface area contributed by atoms with Crippen molar-refractivity contribution in [3.63, 3.8) is 0 Å². The maximum atomic E-state index is 11.9. The number of aromatic nitrogens is 1. The number of anilines is 1. The highest BCUT2D eigenvalue weighted by molar-refractivity contribution is 5.87.